The molecule has 35 heavy (non-hydrogen) atoms. The van der Waals surface area contributed by atoms with Crippen molar-refractivity contribution in [3.8, 4) is 11.1 Å². The van der Waals surface area contributed by atoms with Gasteiger partial charge in [0.25, 0.3) is 0 Å². The van der Waals surface area contributed by atoms with E-state index in [1.165, 1.54) is 6.20 Å². The van der Waals surface area contributed by atoms with E-state index in [0.29, 0.717) is 23.5 Å². The van der Waals surface area contributed by atoms with Crippen LogP contribution in [0.3, 0.4) is 0 Å². The summed E-state index contributed by atoms with van der Waals surface area (Å²) in [6.07, 6.45) is 9.48. The number of aliphatic imine (C=N–C) groups is 1. The SMILES string of the molecule is CC[C@H]1C[C@@H](n2c(=O)nc(C(C=NC)=CN)c3oc4c(C)cc(-c5c[nH][n+](C)c5)cc4c32)CCO1. The first-order valence-electron chi connectivity index (χ1n) is 11.9. The number of aryl methyl sites for hydroxylation is 2. The number of aromatic amines is 1. The van der Waals surface area contributed by atoms with Crippen LogP contribution in [-0.2, 0) is 11.8 Å². The number of fused-ring (bicyclic) bond motifs is 3. The summed E-state index contributed by atoms with van der Waals surface area (Å²) >= 11 is 0. The molecule has 3 N–H and O–H groups in total. The number of hydrogen-bond donors (Lipinski definition) is 2. The molecule has 4 heterocycles. The Morgan fingerprint density at radius 3 is 2.89 bits per heavy atom. The van der Waals surface area contributed by atoms with Crippen molar-refractivity contribution in [2.45, 2.75) is 45.3 Å². The fraction of sp³-hybridized carbons (Fsp3) is 0.385. The molecular formula is C26H31N6O3+. The van der Waals surface area contributed by atoms with Crippen molar-refractivity contribution in [2.75, 3.05) is 13.7 Å². The normalized spacial score (nSPS) is 19.4. The largest absolute Gasteiger partial charge is 0.452 e. The molecule has 182 valence electrons. The molecular weight excluding hydrogens is 444 g/mol. The maximum Gasteiger partial charge on any atom is 0.349 e. The van der Waals surface area contributed by atoms with E-state index >= 15 is 0 Å². The summed E-state index contributed by atoms with van der Waals surface area (Å²) < 4.78 is 16.1. The highest BCUT2D eigenvalue weighted by Crippen LogP contribution is 2.38. The van der Waals surface area contributed by atoms with Crippen LogP contribution < -0.4 is 16.1 Å². The first-order valence-corrected chi connectivity index (χ1v) is 11.9. The number of nitrogens with two attached hydrogens (primary N) is 1. The molecule has 0 bridgehead atoms. The van der Waals surface area contributed by atoms with Crippen LogP contribution >= 0.6 is 0 Å². The standard InChI is InChI=1S/C26H30N6O3/c1-5-20-10-19(6-7-34-20)32-23-21-9-16(18-13-29-31(4)14-18)8-15(2)24(21)35-25(23)22(30-26(32)33)17(11-27)12-28-3/h8-9,11-14,19-20H,5-7,10H2,1-4H3,(H2,27,28,30,33)/p+1/t19-,20-/m0/s1. The Hall–Kier alpha value is -3.72. The second-order valence-corrected chi connectivity index (χ2v) is 9.12. The van der Waals surface area contributed by atoms with Gasteiger partial charge in [0.15, 0.2) is 12.6 Å². The van der Waals surface area contributed by atoms with E-state index in [1.54, 1.807) is 13.3 Å². The van der Waals surface area contributed by atoms with Crippen molar-refractivity contribution in [3.63, 3.8) is 0 Å². The summed E-state index contributed by atoms with van der Waals surface area (Å²) in [5.74, 6) is 0. The maximum atomic E-state index is 13.6. The summed E-state index contributed by atoms with van der Waals surface area (Å²) in [4.78, 5) is 22.2. The van der Waals surface area contributed by atoms with Crippen LogP contribution in [0.25, 0.3) is 38.8 Å². The maximum absolute atomic E-state index is 13.6. The van der Waals surface area contributed by atoms with Crippen molar-refractivity contribution < 1.29 is 13.8 Å². The smallest absolute Gasteiger partial charge is 0.349 e. The van der Waals surface area contributed by atoms with Gasteiger partial charge in [0.1, 0.15) is 16.8 Å². The molecule has 1 saturated heterocycles. The van der Waals surface area contributed by atoms with Gasteiger partial charge in [0.2, 0.25) is 6.20 Å². The Morgan fingerprint density at radius 2 is 2.20 bits per heavy atom. The fourth-order valence-electron chi connectivity index (χ4n) is 5.07. The fourth-order valence-corrected chi connectivity index (χ4v) is 5.07. The minimum absolute atomic E-state index is 0.0368. The Labute approximate surface area is 202 Å². The molecule has 3 aromatic heterocycles. The Morgan fingerprint density at radius 1 is 1.37 bits per heavy atom. The van der Waals surface area contributed by atoms with Gasteiger partial charge in [-0.25, -0.2) is 4.79 Å². The third-order valence-electron chi connectivity index (χ3n) is 6.79. The van der Waals surface area contributed by atoms with E-state index in [4.69, 9.17) is 14.9 Å². The van der Waals surface area contributed by atoms with Gasteiger partial charge in [-0.2, -0.15) is 10.1 Å². The lowest BCUT2D eigenvalue weighted by molar-refractivity contribution is -0.726. The number of aromatic nitrogens is 4. The Kier molecular flexibility index (Phi) is 6.02. The molecule has 4 aromatic rings. The van der Waals surface area contributed by atoms with Crippen molar-refractivity contribution in [1.82, 2.24) is 14.6 Å². The van der Waals surface area contributed by atoms with Crippen LogP contribution in [-0.4, -0.2) is 40.6 Å². The predicted octanol–water partition coefficient (Wildman–Crippen LogP) is 3.40. The first kappa shape index (κ1) is 23.0. The molecule has 0 spiro atoms. The third-order valence-corrected chi connectivity index (χ3v) is 6.79. The summed E-state index contributed by atoms with van der Waals surface area (Å²) in [7, 11) is 3.60. The quantitative estimate of drug-likeness (QED) is 0.339. The molecule has 0 radical (unpaired) electrons. The summed E-state index contributed by atoms with van der Waals surface area (Å²) in [6.45, 7) is 4.73. The number of furan rings is 1. The lowest BCUT2D eigenvalue weighted by Crippen LogP contribution is -2.34. The summed E-state index contributed by atoms with van der Waals surface area (Å²) in [5, 5.41) is 4.05. The molecule has 1 fully saturated rings. The van der Waals surface area contributed by atoms with E-state index in [0.717, 1.165) is 52.4 Å². The van der Waals surface area contributed by atoms with E-state index < -0.39 is 0 Å². The average Bonchev–Trinajstić information content (AvgIpc) is 3.46. The molecule has 2 atom stereocenters. The van der Waals surface area contributed by atoms with E-state index in [1.807, 2.05) is 35.6 Å². The van der Waals surface area contributed by atoms with E-state index in [-0.39, 0.29) is 17.8 Å². The Bertz CT molecular complexity index is 1520. The molecule has 0 saturated carbocycles. The van der Waals surface area contributed by atoms with Crippen molar-refractivity contribution in [1.29, 1.82) is 0 Å². The van der Waals surface area contributed by atoms with Crippen LogP contribution in [0.1, 0.15) is 43.5 Å². The number of rotatable bonds is 5. The molecule has 0 amide bonds. The minimum Gasteiger partial charge on any atom is -0.452 e. The number of nitrogens with one attached hydrogen (secondary N) is 1. The zero-order valence-corrected chi connectivity index (χ0v) is 20.5. The van der Waals surface area contributed by atoms with Gasteiger partial charge in [-0.3, -0.25) is 9.56 Å². The number of benzene rings is 1. The summed E-state index contributed by atoms with van der Waals surface area (Å²) in [5.41, 5.74) is 11.6. The van der Waals surface area contributed by atoms with Gasteiger partial charge in [0.05, 0.1) is 17.9 Å². The van der Waals surface area contributed by atoms with Gasteiger partial charge in [-0.05, 0) is 49.4 Å². The van der Waals surface area contributed by atoms with Crippen molar-refractivity contribution in [2.24, 2.45) is 17.8 Å². The lowest BCUT2D eigenvalue weighted by atomic mass is 9.99. The monoisotopic (exact) mass is 475 g/mol. The average molecular weight is 476 g/mol. The van der Waals surface area contributed by atoms with Gasteiger partial charge >= 0.3 is 5.69 Å². The van der Waals surface area contributed by atoms with Crippen LogP contribution in [0.5, 0.6) is 0 Å². The zero-order valence-electron chi connectivity index (χ0n) is 20.5. The number of hydrogen-bond acceptors (Lipinski definition) is 6. The first-order chi connectivity index (χ1) is 16.9. The number of nitrogens with zero attached hydrogens (tertiary/aromatic N) is 4. The van der Waals surface area contributed by atoms with Crippen LogP contribution in [0.4, 0.5) is 0 Å². The molecule has 1 aliphatic rings. The Balaban J connectivity index is 1.86. The highest BCUT2D eigenvalue weighted by atomic mass is 16.5. The molecule has 1 aromatic carbocycles. The zero-order chi connectivity index (χ0) is 24.7. The highest BCUT2D eigenvalue weighted by Gasteiger charge is 2.29. The molecule has 5 rings (SSSR count). The predicted molar refractivity (Wildman–Crippen MR) is 136 cm³/mol. The molecule has 9 nitrogen and oxygen atoms in total. The number of ether oxygens (including phenoxy) is 1. The second kappa shape index (κ2) is 9.14. The topological polar surface area (TPSA) is 115 Å². The van der Waals surface area contributed by atoms with Gasteiger partial charge in [0, 0.05) is 43.1 Å². The van der Waals surface area contributed by atoms with Crippen LogP contribution in [0.2, 0.25) is 0 Å². The van der Waals surface area contributed by atoms with Crippen molar-refractivity contribution in [3.05, 3.63) is 52.5 Å². The van der Waals surface area contributed by atoms with Gasteiger partial charge in [-0.15, -0.1) is 4.68 Å². The molecule has 9 heteroatoms. The minimum atomic E-state index is -0.322. The summed E-state index contributed by atoms with van der Waals surface area (Å²) in [6, 6.07) is 4.15. The van der Waals surface area contributed by atoms with Gasteiger partial charge < -0.3 is 14.9 Å². The van der Waals surface area contributed by atoms with Crippen molar-refractivity contribution >= 4 is 33.9 Å². The van der Waals surface area contributed by atoms with Gasteiger partial charge in [-0.1, -0.05) is 6.92 Å². The lowest BCUT2D eigenvalue weighted by Gasteiger charge is -2.30. The molecule has 0 aliphatic carbocycles. The number of H-pyrrole nitrogens is 1. The third kappa shape index (κ3) is 3.95. The second-order valence-electron chi connectivity index (χ2n) is 9.12. The van der Waals surface area contributed by atoms with Crippen LogP contribution in [0, 0.1) is 6.92 Å². The van der Waals surface area contributed by atoms with E-state index in [9.17, 15) is 4.79 Å². The van der Waals surface area contributed by atoms with E-state index in [2.05, 4.69) is 34.1 Å². The number of allylic oxidation sites excluding steroid dienone is 1. The molecule has 0 unspecified atom stereocenters. The highest BCUT2D eigenvalue weighted by molar-refractivity contribution is 6.15. The van der Waals surface area contributed by atoms with Crippen LogP contribution in [0.15, 0.2) is 44.9 Å². The molecule has 1 aliphatic heterocycles.